The van der Waals surface area contributed by atoms with Crippen LogP contribution >= 0.6 is 0 Å². The van der Waals surface area contributed by atoms with Gasteiger partial charge in [-0.25, -0.2) is 0 Å². The number of methoxy groups -OCH3 is 2. The topological polar surface area (TPSA) is 44.8 Å². The third-order valence-electron chi connectivity index (χ3n) is 5.03. The zero-order valence-corrected chi connectivity index (χ0v) is 14.7. The van der Waals surface area contributed by atoms with Crippen molar-refractivity contribution < 1.29 is 19.0 Å². The van der Waals surface area contributed by atoms with Crippen LogP contribution in [0.5, 0.6) is 11.5 Å². The smallest absolute Gasteiger partial charge is 0.316 e. The van der Waals surface area contributed by atoms with E-state index in [9.17, 15) is 4.79 Å². The molecule has 1 aliphatic carbocycles. The lowest BCUT2D eigenvalue weighted by molar-refractivity contribution is -0.149. The fraction of sp³-hybridized carbons (Fsp3) is 0.381. The Morgan fingerprint density at radius 2 is 1.64 bits per heavy atom. The zero-order chi connectivity index (χ0) is 17.7. The van der Waals surface area contributed by atoms with E-state index in [-0.39, 0.29) is 12.1 Å². The molecule has 132 valence electrons. The molecule has 0 amide bonds. The van der Waals surface area contributed by atoms with Crippen molar-refractivity contribution in [3.8, 4) is 11.5 Å². The summed E-state index contributed by atoms with van der Waals surface area (Å²) in [7, 11) is 3.09. The third kappa shape index (κ3) is 3.63. The molecule has 3 rings (SSSR count). The molecule has 4 heteroatoms. The van der Waals surface area contributed by atoms with Gasteiger partial charge in [-0.2, -0.15) is 0 Å². The zero-order valence-electron chi connectivity index (χ0n) is 14.7. The highest BCUT2D eigenvalue weighted by Gasteiger charge is 2.45. The molecule has 0 unspecified atom stereocenters. The second kappa shape index (κ2) is 7.60. The molecule has 0 saturated heterocycles. The van der Waals surface area contributed by atoms with Gasteiger partial charge in [-0.15, -0.1) is 0 Å². The van der Waals surface area contributed by atoms with Crippen LogP contribution in [0, 0.1) is 0 Å². The summed E-state index contributed by atoms with van der Waals surface area (Å²) in [6.07, 6.45) is 3.13. The number of rotatable bonds is 5. The fourth-order valence-corrected chi connectivity index (χ4v) is 3.62. The Labute approximate surface area is 148 Å². The molecule has 25 heavy (non-hydrogen) atoms. The van der Waals surface area contributed by atoms with Gasteiger partial charge in [0.05, 0.1) is 25.7 Å². The molecule has 0 heterocycles. The molecule has 2 aromatic carbocycles. The van der Waals surface area contributed by atoms with Gasteiger partial charge in [0.25, 0.3) is 0 Å². The number of carbonyl (C=O) groups excluding carboxylic acids is 1. The van der Waals surface area contributed by atoms with Crippen molar-refractivity contribution >= 4 is 5.97 Å². The Balaban J connectivity index is 1.78. The monoisotopic (exact) mass is 340 g/mol. The minimum Gasteiger partial charge on any atom is -0.497 e. The molecule has 0 bridgehead atoms. The molecule has 1 fully saturated rings. The average Bonchev–Trinajstić information content (AvgIpc) is 2.69. The summed E-state index contributed by atoms with van der Waals surface area (Å²) >= 11 is 0. The number of benzene rings is 2. The van der Waals surface area contributed by atoms with Crippen LogP contribution in [-0.4, -0.2) is 26.3 Å². The molecular formula is C21H24O4. The first kappa shape index (κ1) is 17.3. The number of ether oxygens (including phenoxy) is 3. The molecule has 1 aliphatic rings. The van der Waals surface area contributed by atoms with Crippen LogP contribution in [-0.2, 0) is 14.9 Å². The van der Waals surface area contributed by atoms with Crippen LogP contribution < -0.4 is 9.47 Å². The lowest BCUT2D eigenvalue weighted by Gasteiger charge is -2.38. The van der Waals surface area contributed by atoms with Crippen molar-refractivity contribution in [2.75, 3.05) is 14.2 Å². The molecule has 2 aromatic rings. The summed E-state index contributed by atoms with van der Waals surface area (Å²) in [6.45, 7) is 0. The van der Waals surface area contributed by atoms with Gasteiger partial charge >= 0.3 is 5.97 Å². The summed E-state index contributed by atoms with van der Waals surface area (Å²) < 4.78 is 16.5. The minimum atomic E-state index is -0.625. The standard InChI is InChI=1S/C21H24O4/c1-23-19-10-6-7-16(15-19)21(20(22)24-2)13-11-18(12-14-21)25-17-8-4-3-5-9-17/h3-10,15,18H,11-14H2,1-2H3. The van der Waals surface area contributed by atoms with E-state index in [4.69, 9.17) is 14.2 Å². The second-order valence-corrected chi connectivity index (χ2v) is 6.44. The molecule has 0 spiro atoms. The lowest BCUT2D eigenvalue weighted by Crippen LogP contribution is -2.42. The van der Waals surface area contributed by atoms with Crippen molar-refractivity contribution in [3.63, 3.8) is 0 Å². The quantitative estimate of drug-likeness (QED) is 0.768. The fourth-order valence-electron chi connectivity index (χ4n) is 3.62. The molecular weight excluding hydrogens is 316 g/mol. The van der Waals surface area contributed by atoms with E-state index in [1.165, 1.54) is 7.11 Å². The maximum atomic E-state index is 12.7. The van der Waals surface area contributed by atoms with Crippen molar-refractivity contribution in [1.82, 2.24) is 0 Å². The van der Waals surface area contributed by atoms with E-state index < -0.39 is 5.41 Å². The van der Waals surface area contributed by atoms with Gasteiger partial charge in [0.2, 0.25) is 0 Å². The first-order chi connectivity index (χ1) is 12.2. The van der Waals surface area contributed by atoms with Crippen LogP contribution in [0.15, 0.2) is 54.6 Å². The van der Waals surface area contributed by atoms with Crippen LogP contribution in [0.2, 0.25) is 0 Å². The van der Waals surface area contributed by atoms with Gasteiger partial charge < -0.3 is 14.2 Å². The Hall–Kier alpha value is -2.49. The van der Waals surface area contributed by atoms with Crippen LogP contribution in [0.4, 0.5) is 0 Å². The van der Waals surface area contributed by atoms with E-state index in [0.29, 0.717) is 12.8 Å². The number of hydrogen-bond acceptors (Lipinski definition) is 4. The van der Waals surface area contributed by atoms with Crippen LogP contribution in [0.3, 0.4) is 0 Å². The van der Waals surface area contributed by atoms with Crippen molar-refractivity contribution in [2.24, 2.45) is 0 Å². The van der Waals surface area contributed by atoms with Gasteiger partial charge in [-0.3, -0.25) is 4.79 Å². The highest BCUT2D eigenvalue weighted by atomic mass is 16.5. The predicted octanol–water partition coefficient (Wildman–Crippen LogP) is 4.13. The highest BCUT2D eigenvalue weighted by molar-refractivity contribution is 5.83. The second-order valence-electron chi connectivity index (χ2n) is 6.44. The molecule has 1 saturated carbocycles. The normalized spacial score (nSPS) is 22.9. The Bertz CT molecular complexity index is 703. The van der Waals surface area contributed by atoms with Crippen LogP contribution in [0.1, 0.15) is 31.2 Å². The SMILES string of the molecule is COC(=O)C1(c2cccc(OC)c2)CCC(Oc2ccccc2)CC1. The molecule has 4 nitrogen and oxygen atoms in total. The van der Waals surface area contributed by atoms with E-state index in [1.807, 2.05) is 54.6 Å². The molecule has 0 radical (unpaired) electrons. The van der Waals surface area contributed by atoms with Crippen molar-refractivity contribution in [2.45, 2.75) is 37.2 Å². The summed E-state index contributed by atoms with van der Waals surface area (Å²) in [5, 5.41) is 0. The van der Waals surface area contributed by atoms with Crippen molar-refractivity contribution in [1.29, 1.82) is 0 Å². The maximum absolute atomic E-state index is 12.7. The Kier molecular flexibility index (Phi) is 5.27. The average molecular weight is 340 g/mol. The van der Waals surface area contributed by atoms with E-state index in [2.05, 4.69) is 0 Å². The summed E-state index contributed by atoms with van der Waals surface area (Å²) in [4.78, 5) is 12.7. The minimum absolute atomic E-state index is 0.116. The largest absolute Gasteiger partial charge is 0.497 e. The van der Waals surface area contributed by atoms with E-state index >= 15 is 0 Å². The Morgan fingerprint density at radius 1 is 0.960 bits per heavy atom. The molecule has 0 N–H and O–H groups in total. The van der Waals surface area contributed by atoms with Gasteiger partial charge in [-0.1, -0.05) is 30.3 Å². The van der Waals surface area contributed by atoms with Gasteiger partial charge in [0.1, 0.15) is 11.5 Å². The van der Waals surface area contributed by atoms with E-state index in [0.717, 1.165) is 29.9 Å². The summed E-state index contributed by atoms with van der Waals surface area (Å²) in [5.74, 6) is 1.45. The Morgan fingerprint density at radius 3 is 2.28 bits per heavy atom. The first-order valence-corrected chi connectivity index (χ1v) is 8.62. The number of para-hydroxylation sites is 1. The van der Waals surface area contributed by atoms with Gasteiger partial charge in [-0.05, 0) is 55.5 Å². The van der Waals surface area contributed by atoms with E-state index in [1.54, 1.807) is 7.11 Å². The number of hydrogen-bond donors (Lipinski definition) is 0. The maximum Gasteiger partial charge on any atom is 0.316 e. The number of esters is 1. The van der Waals surface area contributed by atoms with Crippen LogP contribution in [0.25, 0.3) is 0 Å². The lowest BCUT2D eigenvalue weighted by atomic mass is 9.68. The van der Waals surface area contributed by atoms with Gasteiger partial charge in [0.15, 0.2) is 0 Å². The summed E-state index contributed by atoms with van der Waals surface area (Å²) in [5.41, 5.74) is 0.330. The molecule has 0 aromatic heterocycles. The molecule has 0 aliphatic heterocycles. The van der Waals surface area contributed by atoms with Crippen molar-refractivity contribution in [3.05, 3.63) is 60.2 Å². The van der Waals surface area contributed by atoms with Gasteiger partial charge in [0, 0.05) is 0 Å². The molecule has 0 atom stereocenters. The third-order valence-corrected chi connectivity index (χ3v) is 5.03. The highest BCUT2D eigenvalue weighted by Crippen LogP contribution is 2.42. The first-order valence-electron chi connectivity index (χ1n) is 8.62. The predicted molar refractivity (Wildman–Crippen MR) is 96.0 cm³/mol. The summed E-state index contributed by atoms with van der Waals surface area (Å²) in [6, 6.07) is 17.6. The number of carbonyl (C=O) groups is 1.